The zero-order chi connectivity index (χ0) is 8.55. The van der Waals surface area contributed by atoms with Crippen LogP contribution in [0.25, 0.3) is 11.2 Å². The molecule has 2 aromatic rings. The van der Waals surface area contributed by atoms with Gasteiger partial charge in [0.1, 0.15) is 18.1 Å². The summed E-state index contributed by atoms with van der Waals surface area (Å²) in [7, 11) is 0. The van der Waals surface area contributed by atoms with E-state index in [2.05, 4.69) is 15.0 Å². The fourth-order valence-corrected chi connectivity index (χ4v) is 1.04. The van der Waals surface area contributed by atoms with Crippen molar-refractivity contribution in [1.29, 1.82) is 0 Å². The Morgan fingerprint density at radius 3 is 3.08 bits per heavy atom. The van der Waals surface area contributed by atoms with Crippen molar-refractivity contribution in [2.45, 2.75) is 13.7 Å². The van der Waals surface area contributed by atoms with E-state index >= 15 is 0 Å². The molecule has 12 heavy (non-hydrogen) atoms. The van der Waals surface area contributed by atoms with Crippen molar-refractivity contribution in [2.24, 2.45) is 0 Å². The number of aromatic nitrogens is 4. The van der Waals surface area contributed by atoms with Crippen molar-refractivity contribution in [3.8, 4) is 0 Å². The molecule has 0 aliphatic carbocycles. The molecular formula is C7H8N4O. The van der Waals surface area contributed by atoms with Crippen LogP contribution in [-0.4, -0.2) is 24.6 Å². The van der Waals surface area contributed by atoms with Gasteiger partial charge in [-0.25, -0.2) is 15.0 Å². The lowest BCUT2D eigenvalue weighted by atomic mass is 10.5. The maximum absolute atomic E-state index is 8.88. The SMILES string of the molecule is Cc1ncc2ncn(CO)c2n1. The van der Waals surface area contributed by atoms with Crippen molar-refractivity contribution in [3.05, 3.63) is 18.3 Å². The van der Waals surface area contributed by atoms with Gasteiger partial charge in [-0.3, -0.25) is 4.57 Å². The summed E-state index contributed by atoms with van der Waals surface area (Å²) in [6.07, 6.45) is 3.18. The number of aliphatic hydroxyl groups excluding tert-OH is 1. The van der Waals surface area contributed by atoms with Gasteiger partial charge in [0, 0.05) is 0 Å². The largest absolute Gasteiger partial charge is 0.376 e. The normalized spacial score (nSPS) is 10.8. The van der Waals surface area contributed by atoms with E-state index in [-0.39, 0.29) is 6.73 Å². The molecule has 0 atom stereocenters. The molecule has 2 aromatic heterocycles. The van der Waals surface area contributed by atoms with Crippen molar-refractivity contribution < 1.29 is 5.11 Å². The molecule has 0 saturated carbocycles. The average molecular weight is 164 g/mol. The summed E-state index contributed by atoms with van der Waals surface area (Å²) in [6, 6.07) is 0. The molecule has 0 saturated heterocycles. The number of hydrogen-bond donors (Lipinski definition) is 1. The second kappa shape index (κ2) is 2.53. The Hall–Kier alpha value is -1.49. The van der Waals surface area contributed by atoms with Gasteiger partial charge in [0.25, 0.3) is 0 Å². The number of imidazole rings is 1. The van der Waals surface area contributed by atoms with Crippen LogP contribution in [0.5, 0.6) is 0 Å². The molecule has 0 aromatic carbocycles. The summed E-state index contributed by atoms with van der Waals surface area (Å²) >= 11 is 0. The van der Waals surface area contributed by atoms with E-state index in [1.807, 2.05) is 0 Å². The van der Waals surface area contributed by atoms with Gasteiger partial charge in [-0.15, -0.1) is 0 Å². The Morgan fingerprint density at radius 2 is 2.33 bits per heavy atom. The van der Waals surface area contributed by atoms with Crippen LogP contribution in [0, 0.1) is 6.92 Å². The van der Waals surface area contributed by atoms with Gasteiger partial charge < -0.3 is 5.11 Å². The number of hydrogen-bond acceptors (Lipinski definition) is 4. The lowest BCUT2D eigenvalue weighted by molar-refractivity contribution is 0.214. The Kier molecular flexibility index (Phi) is 1.51. The van der Waals surface area contributed by atoms with Crippen LogP contribution in [0.3, 0.4) is 0 Å². The lowest BCUT2D eigenvalue weighted by Crippen LogP contribution is -1.97. The molecule has 0 aliphatic heterocycles. The van der Waals surface area contributed by atoms with Gasteiger partial charge in [0.2, 0.25) is 0 Å². The Bertz CT molecular complexity index is 409. The molecule has 1 N–H and O–H groups in total. The highest BCUT2D eigenvalue weighted by Crippen LogP contribution is 2.07. The van der Waals surface area contributed by atoms with Gasteiger partial charge in [0.15, 0.2) is 5.65 Å². The third-order valence-electron chi connectivity index (χ3n) is 1.63. The predicted molar refractivity (Wildman–Crippen MR) is 42.3 cm³/mol. The molecule has 0 amide bonds. The van der Waals surface area contributed by atoms with Gasteiger partial charge in [-0.05, 0) is 6.92 Å². The number of aliphatic hydroxyl groups is 1. The first-order valence-electron chi connectivity index (χ1n) is 3.56. The second-order valence-electron chi connectivity index (χ2n) is 2.48. The van der Waals surface area contributed by atoms with Crippen LogP contribution in [0.2, 0.25) is 0 Å². The molecule has 2 rings (SSSR count). The number of aryl methyl sites for hydroxylation is 1. The van der Waals surface area contributed by atoms with E-state index in [9.17, 15) is 0 Å². The standard InChI is InChI=1S/C7H8N4O/c1-5-8-2-6-7(10-5)11(4-12)3-9-6/h2-3,12H,4H2,1H3. The van der Waals surface area contributed by atoms with Crippen molar-refractivity contribution in [1.82, 2.24) is 19.5 Å². The highest BCUT2D eigenvalue weighted by Gasteiger charge is 2.02. The third kappa shape index (κ3) is 0.947. The van der Waals surface area contributed by atoms with E-state index in [1.165, 1.54) is 0 Å². The highest BCUT2D eigenvalue weighted by molar-refractivity contribution is 5.69. The predicted octanol–water partition coefficient (Wildman–Crippen LogP) is 0.0845. The molecular weight excluding hydrogens is 156 g/mol. The molecule has 5 nitrogen and oxygen atoms in total. The lowest BCUT2D eigenvalue weighted by Gasteiger charge is -1.96. The smallest absolute Gasteiger partial charge is 0.165 e. The fourth-order valence-electron chi connectivity index (χ4n) is 1.04. The summed E-state index contributed by atoms with van der Waals surface area (Å²) in [4.78, 5) is 12.1. The van der Waals surface area contributed by atoms with Crippen molar-refractivity contribution in [3.63, 3.8) is 0 Å². The molecule has 0 aliphatic rings. The first-order chi connectivity index (χ1) is 5.81. The topological polar surface area (TPSA) is 63.8 Å². The van der Waals surface area contributed by atoms with E-state index in [4.69, 9.17) is 5.11 Å². The van der Waals surface area contributed by atoms with Gasteiger partial charge in [0.05, 0.1) is 12.5 Å². The molecule has 5 heteroatoms. The summed E-state index contributed by atoms with van der Waals surface area (Å²) < 4.78 is 1.56. The minimum absolute atomic E-state index is 0.104. The molecule has 62 valence electrons. The van der Waals surface area contributed by atoms with Crippen LogP contribution in [0.4, 0.5) is 0 Å². The quantitative estimate of drug-likeness (QED) is 0.648. The van der Waals surface area contributed by atoms with Gasteiger partial charge in [-0.2, -0.15) is 0 Å². The first-order valence-corrected chi connectivity index (χ1v) is 3.56. The summed E-state index contributed by atoms with van der Waals surface area (Å²) in [6.45, 7) is 1.70. The second-order valence-corrected chi connectivity index (χ2v) is 2.48. The van der Waals surface area contributed by atoms with Crippen molar-refractivity contribution >= 4 is 11.2 Å². The molecule has 0 spiro atoms. The van der Waals surface area contributed by atoms with Crippen LogP contribution in [0.15, 0.2) is 12.5 Å². The van der Waals surface area contributed by atoms with Gasteiger partial charge >= 0.3 is 0 Å². The molecule has 0 fully saturated rings. The summed E-state index contributed by atoms with van der Waals surface area (Å²) in [5.41, 5.74) is 1.37. The third-order valence-corrected chi connectivity index (χ3v) is 1.63. The average Bonchev–Trinajstić information content (AvgIpc) is 2.46. The molecule has 0 unspecified atom stereocenters. The minimum atomic E-state index is -0.104. The summed E-state index contributed by atoms with van der Waals surface area (Å²) in [5.74, 6) is 0.678. The zero-order valence-corrected chi connectivity index (χ0v) is 6.60. The number of rotatable bonds is 1. The van der Waals surface area contributed by atoms with E-state index in [0.717, 1.165) is 0 Å². The monoisotopic (exact) mass is 164 g/mol. The summed E-state index contributed by atoms with van der Waals surface area (Å²) in [5, 5.41) is 8.88. The Balaban J connectivity index is 2.75. The number of fused-ring (bicyclic) bond motifs is 1. The van der Waals surface area contributed by atoms with Crippen LogP contribution < -0.4 is 0 Å². The van der Waals surface area contributed by atoms with Crippen LogP contribution in [0.1, 0.15) is 5.82 Å². The van der Waals surface area contributed by atoms with E-state index in [1.54, 1.807) is 24.0 Å². The highest BCUT2D eigenvalue weighted by atomic mass is 16.3. The first kappa shape index (κ1) is 7.17. The van der Waals surface area contributed by atoms with E-state index < -0.39 is 0 Å². The maximum Gasteiger partial charge on any atom is 0.165 e. The fraction of sp³-hybridized carbons (Fsp3) is 0.286. The maximum atomic E-state index is 8.88. The van der Waals surface area contributed by atoms with Crippen molar-refractivity contribution in [2.75, 3.05) is 0 Å². The molecule has 0 bridgehead atoms. The van der Waals surface area contributed by atoms with Crippen LogP contribution >= 0.6 is 0 Å². The van der Waals surface area contributed by atoms with Gasteiger partial charge in [-0.1, -0.05) is 0 Å². The minimum Gasteiger partial charge on any atom is -0.376 e. The Morgan fingerprint density at radius 1 is 1.50 bits per heavy atom. The zero-order valence-electron chi connectivity index (χ0n) is 6.60. The molecule has 2 heterocycles. The number of nitrogens with zero attached hydrogens (tertiary/aromatic N) is 4. The van der Waals surface area contributed by atoms with Crippen LogP contribution in [-0.2, 0) is 6.73 Å². The van der Waals surface area contributed by atoms with E-state index in [0.29, 0.717) is 17.0 Å². The Labute approximate surface area is 68.7 Å². The molecule has 0 radical (unpaired) electrons.